The fourth-order valence-corrected chi connectivity index (χ4v) is 4.47. The average Bonchev–Trinajstić information content (AvgIpc) is 2.68. The van der Waals surface area contributed by atoms with E-state index >= 15 is 0 Å². The van der Waals surface area contributed by atoms with Crippen LogP contribution in [0.3, 0.4) is 0 Å². The van der Waals surface area contributed by atoms with Crippen molar-refractivity contribution in [1.29, 1.82) is 0 Å². The van der Waals surface area contributed by atoms with Crippen molar-refractivity contribution in [2.45, 2.75) is 49.6 Å². The number of likely N-dealkylation sites (tertiary alicyclic amines) is 1. The van der Waals surface area contributed by atoms with Crippen molar-refractivity contribution in [3.05, 3.63) is 54.1 Å². The molecule has 3 N–H and O–H groups in total. The van der Waals surface area contributed by atoms with Crippen LogP contribution in [-0.4, -0.2) is 38.8 Å². The molecule has 3 rings (SSSR count). The summed E-state index contributed by atoms with van der Waals surface area (Å²) in [6.07, 6.45) is 5.98. The monoisotopic (exact) mass is 401 g/mol. The van der Waals surface area contributed by atoms with Gasteiger partial charge in [0.2, 0.25) is 0 Å². The number of rotatable bonds is 7. The Bertz CT molecular complexity index is 884. The van der Waals surface area contributed by atoms with Gasteiger partial charge in [0.1, 0.15) is 0 Å². The van der Waals surface area contributed by atoms with Crippen molar-refractivity contribution in [2.24, 2.45) is 0 Å². The Morgan fingerprint density at radius 1 is 1.18 bits per heavy atom. The molecule has 6 heteroatoms. The number of hydrogen-bond acceptors (Lipinski definition) is 5. The van der Waals surface area contributed by atoms with Gasteiger partial charge in [0, 0.05) is 19.3 Å². The van der Waals surface area contributed by atoms with Gasteiger partial charge < -0.3 is 11.1 Å². The maximum absolute atomic E-state index is 11.7. The molecule has 2 aromatic rings. The summed E-state index contributed by atoms with van der Waals surface area (Å²) in [4.78, 5) is 2.75. The van der Waals surface area contributed by atoms with Crippen molar-refractivity contribution < 1.29 is 8.42 Å². The summed E-state index contributed by atoms with van der Waals surface area (Å²) in [6.45, 7) is 4.37. The Kier molecular flexibility index (Phi) is 6.62. The van der Waals surface area contributed by atoms with Crippen molar-refractivity contribution in [3.63, 3.8) is 0 Å². The van der Waals surface area contributed by atoms with Crippen LogP contribution in [0.15, 0.2) is 53.4 Å². The molecule has 28 heavy (non-hydrogen) atoms. The van der Waals surface area contributed by atoms with Crippen LogP contribution in [0.4, 0.5) is 11.4 Å². The SMILES string of the molecule is CC(CCN1CCCCC1Nc1ccc(S(C)(=O)=O)cc1N)c1ccccc1. The molecular weight excluding hydrogens is 370 g/mol. The molecule has 0 saturated carbocycles. The van der Waals surface area contributed by atoms with Gasteiger partial charge in [-0.2, -0.15) is 0 Å². The fourth-order valence-electron chi connectivity index (χ4n) is 3.81. The van der Waals surface area contributed by atoms with Gasteiger partial charge in [-0.25, -0.2) is 8.42 Å². The first-order valence-corrected chi connectivity index (χ1v) is 11.9. The van der Waals surface area contributed by atoms with Crippen molar-refractivity contribution in [3.8, 4) is 0 Å². The van der Waals surface area contributed by atoms with E-state index in [1.807, 2.05) is 0 Å². The molecule has 0 aliphatic carbocycles. The third-order valence-electron chi connectivity index (χ3n) is 5.60. The van der Waals surface area contributed by atoms with Crippen LogP contribution < -0.4 is 11.1 Å². The number of nitrogen functional groups attached to an aromatic ring is 1. The van der Waals surface area contributed by atoms with Gasteiger partial charge in [-0.05, 0) is 55.4 Å². The third kappa shape index (κ3) is 5.26. The molecule has 5 nitrogen and oxygen atoms in total. The first-order valence-electron chi connectivity index (χ1n) is 9.99. The molecule has 1 fully saturated rings. The first-order chi connectivity index (χ1) is 13.3. The van der Waals surface area contributed by atoms with Gasteiger partial charge in [0.25, 0.3) is 0 Å². The summed E-state index contributed by atoms with van der Waals surface area (Å²) < 4.78 is 23.4. The van der Waals surface area contributed by atoms with Crippen LogP contribution in [0.25, 0.3) is 0 Å². The van der Waals surface area contributed by atoms with E-state index in [0.29, 0.717) is 11.6 Å². The summed E-state index contributed by atoms with van der Waals surface area (Å²) in [6, 6.07) is 15.6. The topological polar surface area (TPSA) is 75.4 Å². The molecule has 0 spiro atoms. The van der Waals surface area contributed by atoms with Gasteiger partial charge in [-0.15, -0.1) is 0 Å². The number of benzene rings is 2. The van der Waals surface area contributed by atoms with Gasteiger partial charge in [0.15, 0.2) is 9.84 Å². The average molecular weight is 402 g/mol. The lowest BCUT2D eigenvalue weighted by molar-refractivity contribution is 0.162. The number of nitrogens with two attached hydrogens (primary N) is 1. The van der Waals surface area contributed by atoms with Crippen LogP contribution >= 0.6 is 0 Å². The van der Waals surface area contributed by atoms with E-state index in [1.54, 1.807) is 18.2 Å². The number of nitrogens with zero attached hydrogens (tertiary/aromatic N) is 1. The zero-order chi connectivity index (χ0) is 20.1. The second-order valence-corrected chi connectivity index (χ2v) is 9.83. The highest BCUT2D eigenvalue weighted by atomic mass is 32.2. The van der Waals surface area contributed by atoms with Crippen LogP contribution in [0, 0.1) is 0 Å². The second-order valence-electron chi connectivity index (χ2n) is 7.81. The minimum atomic E-state index is -3.25. The first kappa shape index (κ1) is 20.7. The molecule has 1 saturated heterocycles. The summed E-state index contributed by atoms with van der Waals surface area (Å²) in [5.74, 6) is 0.517. The highest BCUT2D eigenvalue weighted by Crippen LogP contribution is 2.27. The van der Waals surface area contributed by atoms with E-state index < -0.39 is 9.84 Å². The lowest BCUT2D eigenvalue weighted by Crippen LogP contribution is -2.45. The number of hydrogen-bond donors (Lipinski definition) is 2. The lowest BCUT2D eigenvalue weighted by Gasteiger charge is -2.37. The van der Waals surface area contributed by atoms with E-state index in [1.165, 1.54) is 24.7 Å². The second kappa shape index (κ2) is 8.97. The molecule has 0 amide bonds. The van der Waals surface area contributed by atoms with Crippen LogP contribution in [0.5, 0.6) is 0 Å². The summed E-state index contributed by atoms with van der Waals surface area (Å²) in [5, 5.41) is 3.55. The summed E-state index contributed by atoms with van der Waals surface area (Å²) in [5.41, 5.74) is 8.80. The Morgan fingerprint density at radius 2 is 1.93 bits per heavy atom. The van der Waals surface area contributed by atoms with Crippen molar-refractivity contribution >= 4 is 21.2 Å². The zero-order valence-electron chi connectivity index (χ0n) is 16.8. The summed E-state index contributed by atoms with van der Waals surface area (Å²) >= 11 is 0. The number of sulfone groups is 1. The number of nitrogens with one attached hydrogen (secondary N) is 1. The molecule has 1 aliphatic heterocycles. The Morgan fingerprint density at radius 3 is 2.61 bits per heavy atom. The highest BCUT2D eigenvalue weighted by molar-refractivity contribution is 7.90. The minimum absolute atomic E-state index is 0.225. The molecule has 152 valence electrons. The third-order valence-corrected chi connectivity index (χ3v) is 6.72. The van der Waals surface area contributed by atoms with Crippen LogP contribution in [0.1, 0.15) is 44.1 Å². The standard InChI is InChI=1S/C22H31N3O2S/c1-17(18-8-4-3-5-9-18)13-15-25-14-7-6-10-22(25)24-21-12-11-19(16-20(21)23)28(2,26)27/h3-5,8-9,11-12,16-17,22,24H,6-7,10,13-15,23H2,1-2H3. The van der Waals surface area contributed by atoms with E-state index in [0.717, 1.165) is 31.6 Å². The van der Waals surface area contributed by atoms with Gasteiger partial charge >= 0.3 is 0 Å². The summed E-state index contributed by atoms with van der Waals surface area (Å²) in [7, 11) is -3.25. The molecule has 0 bridgehead atoms. The van der Waals surface area contributed by atoms with E-state index in [9.17, 15) is 8.42 Å². The lowest BCUT2D eigenvalue weighted by atomic mass is 9.97. The minimum Gasteiger partial charge on any atom is -0.397 e. The zero-order valence-corrected chi connectivity index (χ0v) is 17.6. The van der Waals surface area contributed by atoms with Crippen LogP contribution in [0.2, 0.25) is 0 Å². The molecule has 2 atom stereocenters. The van der Waals surface area contributed by atoms with E-state index in [4.69, 9.17) is 5.73 Å². The maximum Gasteiger partial charge on any atom is 0.175 e. The number of anilines is 2. The van der Waals surface area contributed by atoms with Gasteiger partial charge in [-0.3, -0.25) is 4.90 Å². The van der Waals surface area contributed by atoms with Crippen molar-refractivity contribution in [2.75, 3.05) is 30.4 Å². The molecular formula is C22H31N3O2S. The Hall–Kier alpha value is -2.05. The molecule has 2 aromatic carbocycles. The largest absolute Gasteiger partial charge is 0.397 e. The van der Waals surface area contributed by atoms with E-state index in [-0.39, 0.29) is 11.1 Å². The van der Waals surface area contributed by atoms with Crippen LogP contribution in [-0.2, 0) is 9.84 Å². The van der Waals surface area contributed by atoms with Crippen molar-refractivity contribution in [1.82, 2.24) is 4.90 Å². The maximum atomic E-state index is 11.7. The molecule has 2 unspecified atom stereocenters. The van der Waals surface area contributed by atoms with E-state index in [2.05, 4.69) is 47.5 Å². The molecule has 1 heterocycles. The smallest absolute Gasteiger partial charge is 0.175 e. The quantitative estimate of drug-likeness (QED) is 0.684. The highest BCUT2D eigenvalue weighted by Gasteiger charge is 2.23. The van der Waals surface area contributed by atoms with Gasteiger partial charge in [-0.1, -0.05) is 37.3 Å². The molecule has 0 radical (unpaired) electrons. The Balaban J connectivity index is 1.65. The normalized spacial score (nSPS) is 19.3. The molecule has 1 aliphatic rings. The predicted molar refractivity (Wildman–Crippen MR) is 116 cm³/mol. The predicted octanol–water partition coefficient (Wildman–Crippen LogP) is 4.09. The number of piperidine rings is 1. The molecule has 0 aromatic heterocycles. The Labute approximate surface area is 168 Å². The fraction of sp³-hybridized carbons (Fsp3) is 0.455. The van der Waals surface area contributed by atoms with Gasteiger partial charge in [0.05, 0.1) is 22.4 Å².